The van der Waals surface area contributed by atoms with Gasteiger partial charge in [0.05, 0.1) is 0 Å². The van der Waals surface area contributed by atoms with Crippen LogP contribution in [0.1, 0.15) is 13.8 Å². The SMILES string of the molecule is CC(C)NC([O-])=S.NC([O-])=S.[Ca+2]. The maximum Gasteiger partial charge on any atom is 2.00 e. The number of rotatable bonds is 1. The third kappa shape index (κ3) is 45.9. The molecular weight excluding hydrogens is 224 g/mol. The summed E-state index contributed by atoms with van der Waals surface area (Å²) in [6, 6.07) is 0.171. The molecule has 0 aliphatic carbocycles. The molecule has 3 N–H and O–H groups in total. The molecule has 0 radical (unpaired) electrons. The largest absolute Gasteiger partial charge is 2.00 e. The molecule has 0 aromatic rings. The van der Waals surface area contributed by atoms with Crippen molar-refractivity contribution in [1.82, 2.24) is 5.32 Å². The molecule has 0 saturated heterocycles. The fourth-order valence-corrected chi connectivity index (χ4v) is 0.471. The van der Waals surface area contributed by atoms with E-state index in [1.807, 2.05) is 13.8 Å². The van der Waals surface area contributed by atoms with E-state index in [9.17, 15) is 5.11 Å². The van der Waals surface area contributed by atoms with Crippen molar-refractivity contribution in [2.45, 2.75) is 19.9 Å². The molecule has 0 spiro atoms. The molecule has 4 nitrogen and oxygen atoms in total. The summed E-state index contributed by atoms with van der Waals surface area (Å²) in [7, 11) is 0. The smallest absolute Gasteiger partial charge is 0.852 e. The molecule has 0 aliphatic rings. The van der Waals surface area contributed by atoms with Gasteiger partial charge in [-0.1, -0.05) is 24.4 Å². The molecule has 0 saturated carbocycles. The molecule has 0 rings (SSSR count). The Hall–Kier alpha value is 0.640. The van der Waals surface area contributed by atoms with E-state index in [0.717, 1.165) is 0 Å². The van der Waals surface area contributed by atoms with Crippen LogP contribution in [0.3, 0.4) is 0 Å². The summed E-state index contributed by atoms with van der Waals surface area (Å²) in [6.07, 6.45) is 0. The minimum Gasteiger partial charge on any atom is -0.852 e. The first-order valence-electron chi connectivity index (χ1n) is 2.80. The van der Waals surface area contributed by atoms with Gasteiger partial charge in [-0.05, 0) is 13.8 Å². The second-order valence-electron chi connectivity index (χ2n) is 1.91. The van der Waals surface area contributed by atoms with Crippen molar-refractivity contribution in [2.75, 3.05) is 0 Å². The van der Waals surface area contributed by atoms with Crippen LogP contribution in [-0.4, -0.2) is 54.1 Å². The Morgan fingerprint density at radius 3 is 1.58 bits per heavy atom. The number of hydrogen-bond acceptors (Lipinski definition) is 4. The van der Waals surface area contributed by atoms with Gasteiger partial charge in [-0.2, -0.15) is 0 Å². The standard InChI is InChI=1S/C4H9NOS.CH3NOS.Ca/c1-3(2)5-4(6)7;2-1(3)4;/h3H,1-2H3,(H2,5,6,7);(H3,2,3,4);/q;;+2/p-2. The predicted octanol–water partition coefficient (Wildman–Crippen LogP) is -2.16. The fourth-order valence-electron chi connectivity index (χ4n) is 0.236. The molecule has 0 amide bonds. The zero-order valence-electron chi connectivity index (χ0n) is 6.99. The van der Waals surface area contributed by atoms with Crippen LogP contribution in [-0.2, 0) is 0 Å². The molecule has 12 heavy (non-hydrogen) atoms. The topological polar surface area (TPSA) is 84.2 Å². The molecule has 66 valence electrons. The third-order valence-corrected chi connectivity index (χ3v) is 0.524. The van der Waals surface area contributed by atoms with Crippen molar-refractivity contribution in [3.63, 3.8) is 0 Å². The van der Waals surface area contributed by atoms with Crippen molar-refractivity contribution < 1.29 is 10.2 Å². The maximum absolute atomic E-state index is 9.96. The number of hydrogen-bond donors (Lipinski definition) is 2. The minimum absolute atomic E-state index is 0. The van der Waals surface area contributed by atoms with Gasteiger partial charge >= 0.3 is 37.7 Å². The van der Waals surface area contributed by atoms with Gasteiger partial charge in [0.1, 0.15) is 0 Å². The van der Waals surface area contributed by atoms with Crippen LogP contribution in [0.4, 0.5) is 0 Å². The second-order valence-corrected chi connectivity index (χ2v) is 2.68. The molecule has 0 atom stereocenters. The second kappa shape index (κ2) is 11.6. The van der Waals surface area contributed by atoms with Crippen molar-refractivity contribution in [3.05, 3.63) is 0 Å². The summed E-state index contributed by atoms with van der Waals surface area (Å²) >= 11 is 7.96. The van der Waals surface area contributed by atoms with E-state index >= 15 is 0 Å². The first kappa shape index (κ1) is 18.4. The molecule has 0 aliphatic heterocycles. The zero-order valence-corrected chi connectivity index (χ0v) is 10.8. The molecule has 0 fully saturated rings. The van der Waals surface area contributed by atoms with Gasteiger partial charge in [-0.15, -0.1) is 0 Å². The van der Waals surface area contributed by atoms with Gasteiger partial charge in [0.15, 0.2) is 0 Å². The average molecular weight is 234 g/mol. The quantitative estimate of drug-likeness (QED) is 0.397. The summed E-state index contributed by atoms with van der Waals surface area (Å²) in [5.74, 6) is 0. The van der Waals surface area contributed by atoms with Gasteiger partial charge in [-0.3, -0.25) is 0 Å². The molecule has 0 bridgehead atoms. The number of nitrogens with one attached hydrogen (secondary N) is 1. The summed E-state index contributed by atoms with van der Waals surface area (Å²) in [5, 5.41) is 20.3. The van der Waals surface area contributed by atoms with Gasteiger partial charge < -0.3 is 21.3 Å². The van der Waals surface area contributed by atoms with Crippen LogP contribution < -0.4 is 21.3 Å². The van der Waals surface area contributed by atoms with Crippen LogP contribution in [0, 0.1) is 0 Å². The Labute approximate surface area is 113 Å². The Morgan fingerprint density at radius 1 is 1.33 bits per heavy atom. The predicted molar refractivity (Wildman–Crippen MR) is 53.4 cm³/mol. The third-order valence-electron chi connectivity index (χ3n) is 0.407. The first-order chi connectivity index (χ1) is 4.86. The molecule has 0 aromatic heterocycles. The van der Waals surface area contributed by atoms with Crippen LogP contribution >= 0.6 is 24.4 Å². The maximum atomic E-state index is 9.96. The summed E-state index contributed by atoms with van der Waals surface area (Å²) in [5.41, 5.74) is 4.29. The Morgan fingerprint density at radius 2 is 1.58 bits per heavy atom. The molecule has 0 unspecified atom stereocenters. The van der Waals surface area contributed by atoms with Crippen LogP contribution in [0.2, 0.25) is 0 Å². The monoisotopic (exact) mass is 234 g/mol. The first-order valence-corrected chi connectivity index (χ1v) is 3.62. The fraction of sp³-hybridized carbons (Fsp3) is 0.600. The van der Waals surface area contributed by atoms with Crippen LogP contribution in [0.5, 0.6) is 0 Å². The van der Waals surface area contributed by atoms with E-state index in [1.165, 1.54) is 0 Å². The van der Waals surface area contributed by atoms with E-state index < -0.39 is 5.17 Å². The Bertz CT molecular complexity index is 139. The number of nitrogens with two attached hydrogens (primary N) is 1. The van der Waals surface area contributed by atoms with Gasteiger partial charge in [0.25, 0.3) is 0 Å². The van der Waals surface area contributed by atoms with Crippen LogP contribution in [0.25, 0.3) is 0 Å². The summed E-state index contributed by atoms with van der Waals surface area (Å²) in [6.45, 7) is 3.73. The molecule has 0 aromatic carbocycles. The average Bonchev–Trinajstić information content (AvgIpc) is 1.56. The van der Waals surface area contributed by atoms with Crippen molar-refractivity contribution in [1.29, 1.82) is 0 Å². The Balaban J connectivity index is -0.000000142. The van der Waals surface area contributed by atoms with E-state index in [4.69, 9.17) is 5.11 Å². The van der Waals surface area contributed by atoms with Crippen molar-refractivity contribution >= 4 is 72.5 Å². The van der Waals surface area contributed by atoms with Crippen molar-refractivity contribution in [2.24, 2.45) is 5.73 Å². The van der Waals surface area contributed by atoms with E-state index in [0.29, 0.717) is 0 Å². The van der Waals surface area contributed by atoms with E-state index in [1.54, 1.807) is 0 Å². The molecule has 7 heteroatoms. The Kier molecular flexibility index (Phi) is 17.9. The van der Waals surface area contributed by atoms with Gasteiger partial charge in [0.2, 0.25) is 0 Å². The molecular formula is C5H10CaN2O2S2. The summed E-state index contributed by atoms with van der Waals surface area (Å²) < 4.78 is 0. The van der Waals surface area contributed by atoms with E-state index in [2.05, 4.69) is 35.5 Å². The zero-order chi connectivity index (χ0) is 9.44. The minimum atomic E-state index is -0.750. The van der Waals surface area contributed by atoms with E-state index in [-0.39, 0.29) is 49.0 Å². The molecule has 0 heterocycles. The normalized spacial score (nSPS) is 7.25. The van der Waals surface area contributed by atoms with Gasteiger partial charge in [0, 0.05) is 16.4 Å². The van der Waals surface area contributed by atoms with Crippen LogP contribution in [0.15, 0.2) is 0 Å². The summed E-state index contributed by atoms with van der Waals surface area (Å²) in [4.78, 5) is 0. The van der Waals surface area contributed by atoms with Crippen molar-refractivity contribution in [3.8, 4) is 0 Å². The number of thiocarbonyl (C=S) groups is 2. The van der Waals surface area contributed by atoms with Gasteiger partial charge in [-0.25, -0.2) is 0 Å².